The molecule has 0 aliphatic carbocycles. The van der Waals surface area contributed by atoms with E-state index in [-0.39, 0.29) is 11.9 Å². The highest BCUT2D eigenvalue weighted by Gasteiger charge is 2.24. The minimum atomic E-state index is 0.0185. The third-order valence-electron chi connectivity index (χ3n) is 3.43. The molecule has 0 saturated carbocycles. The summed E-state index contributed by atoms with van der Waals surface area (Å²) >= 11 is 0. The number of carbonyl (C=O) groups is 1. The average Bonchev–Trinajstić information content (AvgIpc) is 2.73. The Kier molecular flexibility index (Phi) is 5.89. The van der Waals surface area contributed by atoms with E-state index in [9.17, 15) is 4.79 Å². The van der Waals surface area contributed by atoms with Crippen LogP contribution < -0.4 is 5.73 Å². The van der Waals surface area contributed by atoms with E-state index in [2.05, 4.69) is 13.8 Å². The summed E-state index contributed by atoms with van der Waals surface area (Å²) < 4.78 is 6.89. The van der Waals surface area contributed by atoms with Crippen LogP contribution in [0.1, 0.15) is 37.2 Å². The Hall–Kier alpha value is -1.49. The fourth-order valence-corrected chi connectivity index (χ4v) is 2.32. The zero-order valence-corrected chi connectivity index (χ0v) is 12.3. The van der Waals surface area contributed by atoms with Gasteiger partial charge in [-0.05, 0) is 18.9 Å². The fraction of sp³-hybridized carbons (Fsp3) is 0.643. The van der Waals surface area contributed by atoms with Crippen LogP contribution in [0.4, 0.5) is 5.69 Å². The van der Waals surface area contributed by atoms with Crippen LogP contribution in [-0.4, -0.2) is 41.7 Å². The topological polar surface area (TPSA) is 60.5 Å². The number of nitrogens with zero attached hydrogens (tertiary/aromatic N) is 2. The molecule has 0 aromatic carbocycles. The van der Waals surface area contributed by atoms with Crippen molar-refractivity contribution < 1.29 is 9.53 Å². The molecule has 0 radical (unpaired) electrons. The molecule has 1 rings (SSSR count). The number of nitrogen functional groups attached to an aromatic ring is 1. The maximum absolute atomic E-state index is 12.6. The van der Waals surface area contributed by atoms with Crippen molar-refractivity contribution in [2.75, 3.05) is 26.0 Å². The predicted octanol–water partition coefficient (Wildman–Crippen LogP) is 1.88. The van der Waals surface area contributed by atoms with E-state index in [4.69, 9.17) is 10.5 Å². The highest BCUT2D eigenvalue weighted by molar-refractivity contribution is 5.94. The van der Waals surface area contributed by atoms with Gasteiger partial charge in [0.05, 0.1) is 12.3 Å². The lowest BCUT2D eigenvalue weighted by molar-refractivity contribution is 0.0580. The number of nitrogens with two attached hydrogens (primary N) is 1. The summed E-state index contributed by atoms with van der Waals surface area (Å²) in [5.74, 6) is 0.0185. The van der Waals surface area contributed by atoms with Crippen LogP contribution in [0, 0.1) is 0 Å². The number of hydrogen-bond acceptors (Lipinski definition) is 3. The monoisotopic (exact) mass is 267 g/mol. The molecule has 5 heteroatoms. The summed E-state index contributed by atoms with van der Waals surface area (Å²) in [7, 11) is 3.49. The van der Waals surface area contributed by atoms with Crippen molar-refractivity contribution in [1.29, 1.82) is 0 Å². The summed E-state index contributed by atoms with van der Waals surface area (Å²) in [6, 6.07) is 1.96. The standard InChI is InChI=1S/C14H25N3O2/c1-5-12(6-2)17(7-8-19-4)14(18)13-9-11(15)10-16(13)3/h9-10,12H,5-8,15H2,1-4H3. The normalized spacial score (nSPS) is 11.0. The second-order valence-electron chi connectivity index (χ2n) is 4.73. The van der Waals surface area contributed by atoms with Gasteiger partial charge in [-0.2, -0.15) is 0 Å². The maximum atomic E-state index is 12.6. The highest BCUT2D eigenvalue weighted by Crippen LogP contribution is 2.16. The molecule has 1 amide bonds. The van der Waals surface area contributed by atoms with Gasteiger partial charge in [0.15, 0.2) is 0 Å². The molecular weight excluding hydrogens is 242 g/mol. The van der Waals surface area contributed by atoms with Gasteiger partial charge in [-0.25, -0.2) is 0 Å². The molecule has 1 heterocycles. The Balaban J connectivity index is 2.96. The van der Waals surface area contributed by atoms with E-state index in [1.54, 1.807) is 23.9 Å². The molecule has 0 bridgehead atoms. The quantitative estimate of drug-likeness (QED) is 0.820. The van der Waals surface area contributed by atoms with Gasteiger partial charge < -0.3 is 19.9 Å². The number of anilines is 1. The maximum Gasteiger partial charge on any atom is 0.270 e. The van der Waals surface area contributed by atoms with Crippen molar-refractivity contribution in [1.82, 2.24) is 9.47 Å². The summed E-state index contributed by atoms with van der Waals surface area (Å²) in [6.07, 6.45) is 3.63. The molecule has 1 aromatic rings. The minimum absolute atomic E-state index is 0.0185. The summed E-state index contributed by atoms with van der Waals surface area (Å²) in [5, 5.41) is 0. The van der Waals surface area contributed by atoms with Crippen molar-refractivity contribution in [2.45, 2.75) is 32.7 Å². The molecule has 0 saturated heterocycles. The first-order chi connectivity index (χ1) is 9.04. The van der Waals surface area contributed by atoms with Crippen LogP contribution in [0.5, 0.6) is 0 Å². The Morgan fingerprint density at radius 3 is 2.53 bits per heavy atom. The van der Waals surface area contributed by atoms with Gasteiger partial charge in [-0.3, -0.25) is 4.79 Å². The molecule has 5 nitrogen and oxygen atoms in total. The van der Waals surface area contributed by atoms with E-state index in [1.807, 2.05) is 11.9 Å². The zero-order chi connectivity index (χ0) is 14.4. The van der Waals surface area contributed by atoms with Gasteiger partial charge in [0.25, 0.3) is 5.91 Å². The van der Waals surface area contributed by atoms with Crippen LogP contribution in [0.3, 0.4) is 0 Å². The van der Waals surface area contributed by atoms with Crippen molar-refractivity contribution in [3.63, 3.8) is 0 Å². The molecular formula is C14H25N3O2. The number of amides is 1. The predicted molar refractivity (Wildman–Crippen MR) is 77.1 cm³/mol. The summed E-state index contributed by atoms with van der Waals surface area (Å²) in [5.41, 5.74) is 6.98. The van der Waals surface area contributed by atoms with Crippen molar-refractivity contribution in [3.8, 4) is 0 Å². The molecule has 0 spiro atoms. The number of carbonyl (C=O) groups excluding carboxylic acids is 1. The summed E-state index contributed by atoms with van der Waals surface area (Å²) in [4.78, 5) is 14.5. The molecule has 2 N–H and O–H groups in total. The van der Waals surface area contributed by atoms with Gasteiger partial charge in [0, 0.05) is 32.9 Å². The molecule has 0 atom stereocenters. The van der Waals surface area contributed by atoms with Crippen LogP contribution in [-0.2, 0) is 11.8 Å². The van der Waals surface area contributed by atoms with Crippen molar-refractivity contribution in [3.05, 3.63) is 18.0 Å². The van der Waals surface area contributed by atoms with E-state index in [0.717, 1.165) is 12.8 Å². The van der Waals surface area contributed by atoms with Crippen LogP contribution >= 0.6 is 0 Å². The lowest BCUT2D eigenvalue weighted by Gasteiger charge is -2.30. The van der Waals surface area contributed by atoms with Gasteiger partial charge in [-0.1, -0.05) is 13.8 Å². The van der Waals surface area contributed by atoms with Crippen LogP contribution in [0.2, 0.25) is 0 Å². The number of aryl methyl sites for hydroxylation is 1. The molecule has 1 aromatic heterocycles. The Morgan fingerprint density at radius 2 is 2.11 bits per heavy atom. The smallest absolute Gasteiger partial charge is 0.270 e. The van der Waals surface area contributed by atoms with E-state index >= 15 is 0 Å². The van der Waals surface area contributed by atoms with Gasteiger partial charge in [0.2, 0.25) is 0 Å². The molecule has 0 unspecified atom stereocenters. The van der Waals surface area contributed by atoms with Crippen molar-refractivity contribution >= 4 is 11.6 Å². The van der Waals surface area contributed by atoms with Crippen LogP contribution in [0.25, 0.3) is 0 Å². The van der Waals surface area contributed by atoms with Gasteiger partial charge >= 0.3 is 0 Å². The summed E-state index contributed by atoms with van der Waals surface area (Å²) in [6.45, 7) is 5.34. The SMILES string of the molecule is CCC(CC)N(CCOC)C(=O)c1cc(N)cn1C. The molecule has 0 aliphatic heterocycles. The number of rotatable bonds is 7. The van der Waals surface area contributed by atoms with E-state index < -0.39 is 0 Å². The lowest BCUT2D eigenvalue weighted by Crippen LogP contribution is -2.42. The fourth-order valence-electron chi connectivity index (χ4n) is 2.32. The van der Waals surface area contributed by atoms with Crippen molar-refractivity contribution in [2.24, 2.45) is 7.05 Å². The first-order valence-corrected chi connectivity index (χ1v) is 6.76. The zero-order valence-electron chi connectivity index (χ0n) is 12.3. The third kappa shape index (κ3) is 3.73. The first-order valence-electron chi connectivity index (χ1n) is 6.76. The third-order valence-corrected chi connectivity index (χ3v) is 3.43. The second kappa shape index (κ2) is 7.19. The lowest BCUT2D eigenvalue weighted by atomic mass is 10.1. The number of aromatic nitrogens is 1. The largest absolute Gasteiger partial charge is 0.397 e. The molecule has 0 aliphatic rings. The van der Waals surface area contributed by atoms with E-state index in [0.29, 0.717) is 24.5 Å². The van der Waals surface area contributed by atoms with E-state index in [1.165, 1.54) is 0 Å². The van der Waals surface area contributed by atoms with Gasteiger partial charge in [0.1, 0.15) is 5.69 Å². The van der Waals surface area contributed by atoms with Crippen LogP contribution in [0.15, 0.2) is 12.3 Å². The second-order valence-corrected chi connectivity index (χ2v) is 4.73. The Bertz CT molecular complexity index is 411. The average molecular weight is 267 g/mol. The number of methoxy groups -OCH3 is 1. The Labute approximate surface area is 115 Å². The molecule has 19 heavy (non-hydrogen) atoms. The minimum Gasteiger partial charge on any atom is -0.397 e. The highest BCUT2D eigenvalue weighted by atomic mass is 16.5. The van der Waals surface area contributed by atoms with Gasteiger partial charge in [-0.15, -0.1) is 0 Å². The molecule has 108 valence electrons. The number of hydrogen-bond donors (Lipinski definition) is 1. The number of ether oxygens (including phenoxy) is 1. The molecule has 0 fully saturated rings. The first kappa shape index (κ1) is 15.6. The Morgan fingerprint density at radius 1 is 1.47 bits per heavy atom.